The predicted octanol–water partition coefficient (Wildman–Crippen LogP) is 1.51. The SMILES string of the molecule is CCC1CCCN(S(=O)(=O)c2c(N)nn(C)c2C)CC1. The summed E-state index contributed by atoms with van der Waals surface area (Å²) in [5, 5.41) is 4.01. The Labute approximate surface area is 121 Å². The first-order valence-corrected chi connectivity index (χ1v) is 8.61. The molecule has 2 N–H and O–H groups in total. The lowest BCUT2D eigenvalue weighted by molar-refractivity contribution is 0.407. The van der Waals surface area contributed by atoms with E-state index in [4.69, 9.17) is 5.73 Å². The van der Waals surface area contributed by atoms with Gasteiger partial charge in [-0.15, -0.1) is 0 Å². The van der Waals surface area contributed by atoms with E-state index in [0.29, 0.717) is 24.7 Å². The molecule has 7 heteroatoms. The van der Waals surface area contributed by atoms with Crippen LogP contribution in [0.2, 0.25) is 0 Å². The average Bonchev–Trinajstić information content (AvgIpc) is 2.60. The van der Waals surface area contributed by atoms with Crippen LogP contribution in [0.15, 0.2) is 4.90 Å². The molecule has 1 atom stereocenters. The number of sulfonamides is 1. The highest BCUT2D eigenvalue weighted by Gasteiger charge is 2.32. The number of nitrogen functional groups attached to an aromatic ring is 1. The Hall–Kier alpha value is -1.08. The molecular weight excluding hydrogens is 276 g/mol. The van der Waals surface area contributed by atoms with Gasteiger partial charge in [0.25, 0.3) is 0 Å². The standard InChI is InChI=1S/C13H24N4O2S/c1-4-11-6-5-8-17(9-7-11)20(18,19)12-10(2)16(3)15-13(12)14/h11H,4-9H2,1-3H3,(H2,14,15). The van der Waals surface area contributed by atoms with E-state index in [0.717, 1.165) is 25.7 Å². The van der Waals surface area contributed by atoms with Gasteiger partial charge in [-0.2, -0.15) is 9.40 Å². The van der Waals surface area contributed by atoms with Crippen LogP contribution in [0.25, 0.3) is 0 Å². The van der Waals surface area contributed by atoms with Gasteiger partial charge in [0.1, 0.15) is 4.90 Å². The van der Waals surface area contributed by atoms with E-state index in [1.54, 1.807) is 18.3 Å². The molecule has 1 aliphatic rings. The van der Waals surface area contributed by atoms with E-state index in [9.17, 15) is 8.42 Å². The van der Waals surface area contributed by atoms with Crippen LogP contribution in [-0.4, -0.2) is 35.6 Å². The maximum atomic E-state index is 12.8. The Bertz CT molecular complexity index is 579. The Morgan fingerprint density at radius 1 is 1.35 bits per heavy atom. The third-order valence-electron chi connectivity index (χ3n) is 4.29. The number of anilines is 1. The van der Waals surface area contributed by atoms with Crippen molar-refractivity contribution in [3.05, 3.63) is 5.69 Å². The molecule has 1 aliphatic heterocycles. The van der Waals surface area contributed by atoms with Crippen molar-refractivity contribution in [3.8, 4) is 0 Å². The Morgan fingerprint density at radius 2 is 2.05 bits per heavy atom. The van der Waals surface area contributed by atoms with Crippen molar-refractivity contribution in [1.82, 2.24) is 14.1 Å². The summed E-state index contributed by atoms with van der Waals surface area (Å²) >= 11 is 0. The molecule has 0 radical (unpaired) electrons. The van der Waals surface area contributed by atoms with Gasteiger partial charge in [0.15, 0.2) is 5.82 Å². The van der Waals surface area contributed by atoms with Crippen LogP contribution < -0.4 is 5.73 Å². The first-order valence-electron chi connectivity index (χ1n) is 7.17. The zero-order valence-corrected chi connectivity index (χ0v) is 13.3. The zero-order valence-electron chi connectivity index (χ0n) is 12.5. The van der Waals surface area contributed by atoms with Gasteiger partial charge in [-0.05, 0) is 32.1 Å². The molecule has 0 bridgehead atoms. The molecule has 2 heterocycles. The molecular formula is C13H24N4O2S. The number of hydrogen-bond donors (Lipinski definition) is 1. The largest absolute Gasteiger partial charge is 0.381 e. The fourth-order valence-corrected chi connectivity index (χ4v) is 4.63. The van der Waals surface area contributed by atoms with E-state index >= 15 is 0 Å². The lowest BCUT2D eigenvalue weighted by Crippen LogP contribution is -2.32. The van der Waals surface area contributed by atoms with Crippen molar-refractivity contribution < 1.29 is 8.42 Å². The molecule has 0 spiro atoms. The van der Waals surface area contributed by atoms with Gasteiger partial charge in [-0.3, -0.25) is 4.68 Å². The Kier molecular flexibility index (Phi) is 4.39. The van der Waals surface area contributed by atoms with Crippen LogP contribution in [0.1, 0.15) is 38.3 Å². The molecule has 1 unspecified atom stereocenters. The molecule has 1 aromatic heterocycles. The van der Waals surface area contributed by atoms with Crippen LogP contribution in [0.5, 0.6) is 0 Å². The average molecular weight is 300 g/mol. The molecule has 6 nitrogen and oxygen atoms in total. The molecule has 0 aliphatic carbocycles. The van der Waals surface area contributed by atoms with Crippen LogP contribution in [0, 0.1) is 12.8 Å². The molecule has 114 valence electrons. The van der Waals surface area contributed by atoms with E-state index in [1.165, 1.54) is 4.68 Å². The number of hydrogen-bond acceptors (Lipinski definition) is 4. The summed E-state index contributed by atoms with van der Waals surface area (Å²) in [5.74, 6) is 0.726. The second-order valence-electron chi connectivity index (χ2n) is 5.53. The normalized spacial score (nSPS) is 21.9. The van der Waals surface area contributed by atoms with E-state index in [-0.39, 0.29) is 10.7 Å². The first-order chi connectivity index (χ1) is 9.37. The summed E-state index contributed by atoms with van der Waals surface area (Å²) in [6.45, 7) is 5.06. The lowest BCUT2D eigenvalue weighted by Gasteiger charge is -2.20. The summed E-state index contributed by atoms with van der Waals surface area (Å²) in [5.41, 5.74) is 6.39. The van der Waals surface area contributed by atoms with Crippen LogP contribution in [-0.2, 0) is 17.1 Å². The van der Waals surface area contributed by atoms with Crippen molar-refractivity contribution in [2.45, 2.75) is 44.4 Å². The van der Waals surface area contributed by atoms with Gasteiger partial charge in [-0.1, -0.05) is 13.3 Å². The molecule has 2 rings (SSSR count). The predicted molar refractivity (Wildman–Crippen MR) is 78.7 cm³/mol. The summed E-state index contributed by atoms with van der Waals surface area (Å²) < 4.78 is 28.7. The van der Waals surface area contributed by atoms with Gasteiger partial charge >= 0.3 is 0 Å². The zero-order chi connectivity index (χ0) is 14.9. The number of nitrogens with zero attached hydrogens (tertiary/aromatic N) is 3. The third kappa shape index (κ3) is 2.69. The molecule has 1 aromatic rings. The highest BCUT2D eigenvalue weighted by molar-refractivity contribution is 7.89. The highest BCUT2D eigenvalue weighted by atomic mass is 32.2. The minimum Gasteiger partial charge on any atom is -0.381 e. The number of aromatic nitrogens is 2. The van der Waals surface area contributed by atoms with Gasteiger partial charge in [-0.25, -0.2) is 8.42 Å². The topological polar surface area (TPSA) is 81.2 Å². The minimum absolute atomic E-state index is 0.0984. The van der Waals surface area contributed by atoms with Gasteiger partial charge < -0.3 is 5.73 Å². The van der Waals surface area contributed by atoms with Crippen molar-refractivity contribution in [2.75, 3.05) is 18.8 Å². The van der Waals surface area contributed by atoms with Crippen molar-refractivity contribution in [2.24, 2.45) is 13.0 Å². The molecule has 0 amide bonds. The molecule has 0 aromatic carbocycles. The maximum Gasteiger partial charge on any atom is 0.248 e. The van der Waals surface area contributed by atoms with Crippen molar-refractivity contribution in [1.29, 1.82) is 0 Å². The Balaban J connectivity index is 2.30. The summed E-state index contributed by atoms with van der Waals surface area (Å²) in [6.07, 6.45) is 4.05. The van der Waals surface area contributed by atoms with Crippen LogP contribution in [0.4, 0.5) is 5.82 Å². The maximum absolute atomic E-state index is 12.8. The second kappa shape index (κ2) is 5.73. The molecule has 20 heavy (non-hydrogen) atoms. The number of nitrogens with two attached hydrogens (primary N) is 1. The number of aryl methyl sites for hydroxylation is 1. The van der Waals surface area contributed by atoms with Crippen LogP contribution >= 0.6 is 0 Å². The third-order valence-corrected chi connectivity index (χ3v) is 6.35. The van der Waals surface area contributed by atoms with Gasteiger partial charge in [0.2, 0.25) is 10.0 Å². The number of rotatable bonds is 3. The molecule has 0 saturated carbocycles. The van der Waals surface area contributed by atoms with Crippen molar-refractivity contribution in [3.63, 3.8) is 0 Å². The molecule has 1 saturated heterocycles. The highest BCUT2D eigenvalue weighted by Crippen LogP contribution is 2.28. The van der Waals surface area contributed by atoms with E-state index in [2.05, 4.69) is 12.0 Å². The summed E-state index contributed by atoms with van der Waals surface area (Å²) in [7, 11) is -1.82. The Morgan fingerprint density at radius 3 is 2.60 bits per heavy atom. The van der Waals surface area contributed by atoms with E-state index in [1.807, 2.05) is 0 Å². The fraction of sp³-hybridized carbons (Fsp3) is 0.769. The quantitative estimate of drug-likeness (QED) is 0.917. The first kappa shape index (κ1) is 15.3. The summed E-state index contributed by atoms with van der Waals surface area (Å²) in [4.78, 5) is 0.176. The minimum atomic E-state index is -3.53. The van der Waals surface area contributed by atoms with Gasteiger partial charge in [0.05, 0.1) is 5.69 Å². The van der Waals surface area contributed by atoms with Crippen molar-refractivity contribution >= 4 is 15.8 Å². The smallest absolute Gasteiger partial charge is 0.248 e. The second-order valence-corrected chi connectivity index (χ2v) is 7.41. The fourth-order valence-electron chi connectivity index (χ4n) is 2.85. The summed E-state index contributed by atoms with van der Waals surface area (Å²) in [6, 6.07) is 0. The van der Waals surface area contributed by atoms with Gasteiger partial charge in [0, 0.05) is 20.1 Å². The molecule has 1 fully saturated rings. The monoisotopic (exact) mass is 300 g/mol. The lowest BCUT2D eigenvalue weighted by atomic mass is 9.98. The van der Waals surface area contributed by atoms with Crippen LogP contribution in [0.3, 0.4) is 0 Å². The van der Waals surface area contributed by atoms with E-state index < -0.39 is 10.0 Å².